The van der Waals surface area contributed by atoms with Crippen molar-refractivity contribution in [1.82, 2.24) is 14.7 Å². The summed E-state index contributed by atoms with van der Waals surface area (Å²) in [6, 6.07) is -0.191. The number of rotatable bonds is 4. The summed E-state index contributed by atoms with van der Waals surface area (Å²) in [7, 11) is 0. The minimum atomic E-state index is -0.854. The third-order valence-corrected chi connectivity index (χ3v) is 3.94. The van der Waals surface area contributed by atoms with Crippen molar-refractivity contribution in [3.05, 3.63) is 17.0 Å². The monoisotopic (exact) mass is 279 g/mol. The van der Waals surface area contributed by atoms with E-state index in [0.717, 1.165) is 30.8 Å². The van der Waals surface area contributed by atoms with Gasteiger partial charge in [0, 0.05) is 24.8 Å². The van der Waals surface area contributed by atoms with Crippen LogP contribution in [0.1, 0.15) is 47.9 Å². The highest BCUT2D eigenvalue weighted by molar-refractivity contribution is 5.97. The maximum absolute atomic E-state index is 12.7. The van der Waals surface area contributed by atoms with Crippen molar-refractivity contribution in [3.8, 4) is 0 Å². The normalized spacial score (nSPS) is 18.6. The molecular formula is C14H21N3O3. The van der Waals surface area contributed by atoms with Crippen LogP contribution in [0, 0.1) is 13.8 Å². The highest BCUT2D eigenvalue weighted by Crippen LogP contribution is 2.25. The number of nitrogens with zero attached hydrogens (tertiary/aromatic N) is 3. The Morgan fingerprint density at radius 1 is 1.40 bits per heavy atom. The van der Waals surface area contributed by atoms with Gasteiger partial charge in [-0.05, 0) is 33.6 Å². The van der Waals surface area contributed by atoms with Crippen LogP contribution in [-0.2, 0) is 11.3 Å². The van der Waals surface area contributed by atoms with Crippen LogP contribution in [0.25, 0.3) is 0 Å². The Bertz CT molecular complexity index is 536. The second-order valence-corrected chi connectivity index (χ2v) is 5.25. The Hall–Kier alpha value is -1.85. The summed E-state index contributed by atoms with van der Waals surface area (Å²) in [5.74, 6) is -0.934. The van der Waals surface area contributed by atoms with E-state index < -0.39 is 5.97 Å². The van der Waals surface area contributed by atoms with Gasteiger partial charge in [0.25, 0.3) is 5.91 Å². The molecule has 1 N–H and O–H groups in total. The zero-order valence-electron chi connectivity index (χ0n) is 12.2. The van der Waals surface area contributed by atoms with Gasteiger partial charge in [-0.1, -0.05) is 0 Å². The van der Waals surface area contributed by atoms with Gasteiger partial charge < -0.3 is 10.0 Å². The predicted octanol–water partition coefficient (Wildman–Crippen LogP) is 1.60. The molecule has 0 spiro atoms. The summed E-state index contributed by atoms with van der Waals surface area (Å²) in [6.07, 6.45) is 1.65. The fourth-order valence-corrected chi connectivity index (χ4v) is 2.97. The van der Waals surface area contributed by atoms with Gasteiger partial charge in [0.1, 0.15) is 0 Å². The van der Waals surface area contributed by atoms with Crippen LogP contribution in [-0.4, -0.2) is 44.3 Å². The molecule has 2 rings (SSSR count). The highest BCUT2D eigenvalue weighted by Gasteiger charge is 2.33. The van der Waals surface area contributed by atoms with Crippen LogP contribution in [0.5, 0.6) is 0 Å². The maximum Gasteiger partial charge on any atom is 0.305 e. The molecule has 20 heavy (non-hydrogen) atoms. The number of carboxylic acids is 1. The molecule has 1 aromatic rings. The summed E-state index contributed by atoms with van der Waals surface area (Å²) >= 11 is 0. The molecule has 0 radical (unpaired) electrons. The summed E-state index contributed by atoms with van der Waals surface area (Å²) in [4.78, 5) is 25.3. The molecule has 2 heterocycles. The fourth-order valence-electron chi connectivity index (χ4n) is 2.97. The van der Waals surface area contributed by atoms with Crippen molar-refractivity contribution in [2.45, 2.75) is 52.6 Å². The number of aryl methyl sites for hydroxylation is 2. The van der Waals surface area contributed by atoms with E-state index in [4.69, 9.17) is 5.11 Å². The Labute approximate surface area is 118 Å². The lowest BCUT2D eigenvalue weighted by molar-refractivity contribution is -0.137. The van der Waals surface area contributed by atoms with E-state index in [-0.39, 0.29) is 18.4 Å². The Balaban J connectivity index is 2.27. The van der Waals surface area contributed by atoms with Crippen LogP contribution in [0.3, 0.4) is 0 Å². The number of aliphatic carboxylic acids is 1. The third kappa shape index (κ3) is 2.55. The first-order chi connectivity index (χ1) is 9.45. The molecule has 1 fully saturated rings. The first-order valence-corrected chi connectivity index (χ1v) is 7.02. The Morgan fingerprint density at radius 2 is 2.10 bits per heavy atom. The zero-order chi connectivity index (χ0) is 14.9. The third-order valence-electron chi connectivity index (χ3n) is 3.94. The SMILES string of the molecule is CCn1nc(C)c(C(=O)N2CCC[C@@H]2CC(=O)O)c1C. The van der Waals surface area contributed by atoms with E-state index >= 15 is 0 Å². The molecule has 0 aromatic carbocycles. The molecule has 1 aliphatic heterocycles. The molecule has 0 bridgehead atoms. The van der Waals surface area contributed by atoms with Gasteiger partial charge in [0.05, 0.1) is 17.7 Å². The van der Waals surface area contributed by atoms with Crippen molar-refractivity contribution < 1.29 is 14.7 Å². The smallest absolute Gasteiger partial charge is 0.305 e. The molecule has 0 unspecified atom stereocenters. The van der Waals surface area contributed by atoms with E-state index in [1.165, 1.54) is 0 Å². The van der Waals surface area contributed by atoms with Gasteiger partial charge in [0.2, 0.25) is 0 Å². The van der Waals surface area contributed by atoms with Crippen LogP contribution >= 0.6 is 0 Å². The van der Waals surface area contributed by atoms with Gasteiger partial charge in [-0.15, -0.1) is 0 Å². The van der Waals surface area contributed by atoms with Gasteiger partial charge in [-0.25, -0.2) is 0 Å². The number of hydrogen-bond acceptors (Lipinski definition) is 3. The van der Waals surface area contributed by atoms with Crippen LogP contribution < -0.4 is 0 Å². The van der Waals surface area contributed by atoms with E-state index in [1.807, 2.05) is 25.5 Å². The van der Waals surface area contributed by atoms with Crippen LogP contribution in [0.2, 0.25) is 0 Å². The standard InChI is InChI=1S/C14H21N3O3/c1-4-17-10(3)13(9(2)15-17)14(20)16-7-5-6-11(16)8-12(18)19/h11H,4-8H2,1-3H3,(H,18,19)/t11-/m1/s1. The number of carboxylic acid groups (broad SMARTS) is 1. The lowest BCUT2D eigenvalue weighted by atomic mass is 10.1. The first-order valence-electron chi connectivity index (χ1n) is 7.02. The van der Waals surface area contributed by atoms with Crippen molar-refractivity contribution >= 4 is 11.9 Å². The zero-order valence-corrected chi connectivity index (χ0v) is 12.2. The maximum atomic E-state index is 12.7. The minimum Gasteiger partial charge on any atom is -0.481 e. The average Bonchev–Trinajstić information content (AvgIpc) is 2.93. The van der Waals surface area contributed by atoms with E-state index in [2.05, 4.69) is 5.10 Å². The van der Waals surface area contributed by atoms with E-state index in [9.17, 15) is 9.59 Å². The highest BCUT2D eigenvalue weighted by atomic mass is 16.4. The average molecular weight is 279 g/mol. The summed E-state index contributed by atoms with van der Waals surface area (Å²) in [6.45, 7) is 7.05. The van der Waals surface area contributed by atoms with Crippen molar-refractivity contribution in [2.24, 2.45) is 0 Å². The van der Waals surface area contributed by atoms with Crippen molar-refractivity contribution in [1.29, 1.82) is 0 Å². The summed E-state index contributed by atoms with van der Waals surface area (Å²) in [5.41, 5.74) is 2.20. The molecule has 0 aliphatic carbocycles. The Kier molecular flexibility index (Phi) is 4.11. The number of likely N-dealkylation sites (tertiary alicyclic amines) is 1. The summed E-state index contributed by atoms with van der Waals surface area (Å²) < 4.78 is 1.81. The van der Waals surface area contributed by atoms with E-state index in [0.29, 0.717) is 12.1 Å². The van der Waals surface area contributed by atoms with E-state index in [1.54, 1.807) is 4.90 Å². The van der Waals surface area contributed by atoms with Crippen molar-refractivity contribution in [2.75, 3.05) is 6.54 Å². The summed E-state index contributed by atoms with van der Waals surface area (Å²) in [5, 5.41) is 13.3. The topological polar surface area (TPSA) is 75.4 Å². The number of hydrogen-bond donors (Lipinski definition) is 1. The number of amides is 1. The second kappa shape index (κ2) is 5.64. The molecule has 1 saturated heterocycles. The molecule has 6 heteroatoms. The molecular weight excluding hydrogens is 258 g/mol. The molecule has 110 valence electrons. The molecule has 6 nitrogen and oxygen atoms in total. The lowest BCUT2D eigenvalue weighted by Gasteiger charge is -2.23. The lowest BCUT2D eigenvalue weighted by Crippen LogP contribution is -2.37. The molecule has 1 amide bonds. The number of carbonyl (C=O) groups is 2. The second-order valence-electron chi connectivity index (χ2n) is 5.25. The van der Waals surface area contributed by atoms with Gasteiger partial charge in [-0.3, -0.25) is 14.3 Å². The predicted molar refractivity (Wildman–Crippen MR) is 73.7 cm³/mol. The molecule has 1 aromatic heterocycles. The molecule has 1 atom stereocenters. The van der Waals surface area contributed by atoms with Crippen LogP contribution in [0.4, 0.5) is 0 Å². The van der Waals surface area contributed by atoms with Crippen LogP contribution in [0.15, 0.2) is 0 Å². The fraction of sp³-hybridized carbons (Fsp3) is 0.643. The minimum absolute atomic E-state index is 0.0196. The first kappa shape index (κ1) is 14.6. The Morgan fingerprint density at radius 3 is 2.65 bits per heavy atom. The van der Waals surface area contributed by atoms with Gasteiger partial charge >= 0.3 is 5.97 Å². The largest absolute Gasteiger partial charge is 0.481 e. The molecule has 1 aliphatic rings. The van der Waals surface area contributed by atoms with Gasteiger partial charge in [0.15, 0.2) is 0 Å². The number of carbonyl (C=O) groups excluding carboxylic acids is 1. The van der Waals surface area contributed by atoms with Crippen molar-refractivity contribution in [3.63, 3.8) is 0 Å². The quantitative estimate of drug-likeness (QED) is 0.908. The molecule has 0 saturated carbocycles. The van der Waals surface area contributed by atoms with Gasteiger partial charge in [-0.2, -0.15) is 5.10 Å². The number of aromatic nitrogens is 2.